The van der Waals surface area contributed by atoms with Crippen LogP contribution in [0.2, 0.25) is 0 Å². The predicted octanol–water partition coefficient (Wildman–Crippen LogP) is 2.20. The van der Waals surface area contributed by atoms with E-state index in [1.54, 1.807) is 0 Å². The molecule has 0 aliphatic rings. The second-order valence-corrected chi connectivity index (χ2v) is 4.12. The maximum absolute atomic E-state index is 4.25. The molecule has 3 rings (SSSR count). The van der Waals surface area contributed by atoms with E-state index in [1.165, 1.54) is 0 Å². The second kappa shape index (κ2) is 4.58. The Hall–Kier alpha value is -2.20. The summed E-state index contributed by atoms with van der Waals surface area (Å²) in [6.45, 7) is 0. The van der Waals surface area contributed by atoms with Gasteiger partial charge in [0, 0.05) is 0 Å². The first-order valence-corrected chi connectivity index (χ1v) is 5.92. The van der Waals surface area contributed by atoms with Crippen LogP contribution in [-0.4, -0.2) is 22.0 Å². The molecule has 0 aliphatic heterocycles. The maximum Gasteiger partial charge on any atom is 0.129 e. The molecule has 0 bridgehead atoms. The molecule has 90 valence electrons. The van der Waals surface area contributed by atoms with E-state index in [1.807, 2.05) is 54.2 Å². The summed E-state index contributed by atoms with van der Waals surface area (Å²) in [6.07, 6.45) is -0.00130. The van der Waals surface area contributed by atoms with Crippen LogP contribution < -0.4 is 5.32 Å². The van der Waals surface area contributed by atoms with Gasteiger partial charge in [0.2, 0.25) is 0 Å². The van der Waals surface area contributed by atoms with Crippen LogP contribution in [0, 0.1) is 0 Å². The van der Waals surface area contributed by atoms with Crippen LogP contribution in [0.4, 0.5) is 0 Å². The van der Waals surface area contributed by atoms with Gasteiger partial charge in [-0.1, -0.05) is 47.7 Å². The number of nitrogens with zero attached hydrogens (tertiary/aromatic N) is 3. The molecule has 1 atom stereocenters. The van der Waals surface area contributed by atoms with Gasteiger partial charge in [-0.2, -0.15) is 0 Å². The highest BCUT2D eigenvalue weighted by molar-refractivity contribution is 5.74. The summed E-state index contributed by atoms with van der Waals surface area (Å²) < 4.78 is 1.91. The third-order valence-electron chi connectivity index (χ3n) is 3.01. The minimum atomic E-state index is -0.00130. The third kappa shape index (κ3) is 1.76. The second-order valence-electron chi connectivity index (χ2n) is 4.12. The molecule has 0 saturated carbocycles. The van der Waals surface area contributed by atoms with E-state index in [0.29, 0.717) is 0 Å². The van der Waals surface area contributed by atoms with Crippen molar-refractivity contribution in [2.45, 2.75) is 6.17 Å². The number of rotatable bonds is 3. The molecular weight excluding hydrogens is 224 g/mol. The van der Waals surface area contributed by atoms with E-state index in [2.05, 4.69) is 27.8 Å². The number of fused-ring (bicyclic) bond motifs is 1. The van der Waals surface area contributed by atoms with E-state index >= 15 is 0 Å². The Bertz CT molecular complexity index is 645. The minimum Gasteiger partial charge on any atom is -0.295 e. The fourth-order valence-corrected chi connectivity index (χ4v) is 2.14. The standard InChI is InChI=1S/C14H14N4/c1-15-14(11-7-3-2-4-8-11)18-13-10-6-5-9-12(13)16-17-18/h2-10,14-15H,1H3. The van der Waals surface area contributed by atoms with Gasteiger partial charge < -0.3 is 0 Å². The molecule has 0 fully saturated rings. The SMILES string of the molecule is CNC(c1ccccc1)n1nnc2ccccc21. The molecule has 18 heavy (non-hydrogen) atoms. The van der Waals surface area contributed by atoms with Crippen LogP contribution >= 0.6 is 0 Å². The lowest BCUT2D eigenvalue weighted by atomic mass is 10.1. The summed E-state index contributed by atoms with van der Waals surface area (Å²) >= 11 is 0. The minimum absolute atomic E-state index is 0.00130. The number of aromatic nitrogens is 3. The Morgan fingerprint density at radius 1 is 1.00 bits per heavy atom. The van der Waals surface area contributed by atoms with Crippen LogP contribution in [0.5, 0.6) is 0 Å². The van der Waals surface area contributed by atoms with Crippen molar-refractivity contribution in [3.05, 3.63) is 60.2 Å². The van der Waals surface area contributed by atoms with Crippen LogP contribution in [0.15, 0.2) is 54.6 Å². The molecular formula is C14H14N4. The van der Waals surface area contributed by atoms with Gasteiger partial charge in [-0.05, 0) is 24.7 Å². The molecule has 3 aromatic rings. The smallest absolute Gasteiger partial charge is 0.129 e. The number of para-hydroxylation sites is 1. The van der Waals surface area contributed by atoms with Crippen LogP contribution in [0.3, 0.4) is 0 Å². The van der Waals surface area contributed by atoms with Gasteiger partial charge in [-0.15, -0.1) is 5.10 Å². The van der Waals surface area contributed by atoms with Crippen molar-refractivity contribution in [1.29, 1.82) is 0 Å². The zero-order valence-corrected chi connectivity index (χ0v) is 10.1. The van der Waals surface area contributed by atoms with Crippen molar-refractivity contribution in [2.75, 3.05) is 7.05 Å². The molecule has 0 spiro atoms. The van der Waals surface area contributed by atoms with Gasteiger partial charge in [0.05, 0.1) is 5.52 Å². The molecule has 0 saturated heterocycles. The van der Waals surface area contributed by atoms with Crippen molar-refractivity contribution in [3.63, 3.8) is 0 Å². The molecule has 1 unspecified atom stereocenters. The molecule has 1 N–H and O–H groups in total. The summed E-state index contributed by atoms with van der Waals surface area (Å²) in [5.41, 5.74) is 3.10. The quantitative estimate of drug-likeness (QED) is 0.760. The van der Waals surface area contributed by atoms with Gasteiger partial charge in [0.15, 0.2) is 0 Å². The van der Waals surface area contributed by atoms with Gasteiger partial charge in [-0.3, -0.25) is 5.32 Å². The fourth-order valence-electron chi connectivity index (χ4n) is 2.14. The van der Waals surface area contributed by atoms with Crippen LogP contribution in [0.25, 0.3) is 11.0 Å². The summed E-state index contributed by atoms with van der Waals surface area (Å²) in [4.78, 5) is 0. The van der Waals surface area contributed by atoms with E-state index < -0.39 is 0 Å². The zero-order valence-electron chi connectivity index (χ0n) is 10.1. The Morgan fingerprint density at radius 2 is 1.72 bits per heavy atom. The van der Waals surface area contributed by atoms with Crippen LogP contribution in [-0.2, 0) is 0 Å². The summed E-state index contributed by atoms with van der Waals surface area (Å²) in [7, 11) is 1.92. The Labute approximate surface area is 105 Å². The summed E-state index contributed by atoms with van der Waals surface area (Å²) in [5, 5.41) is 11.7. The average molecular weight is 238 g/mol. The van der Waals surface area contributed by atoms with Gasteiger partial charge in [-0.25, -0.2) is 4.68 Å². The number of hydrogen-bond acceptors (Lipinski definition) is 3. The maximum atomic E-state index is 4.25. The molecule has 0 aliphatic carbocycles. The van der Waals surface area contributed by atoms with Crippen molar-refractivity contribution in [1.82, 2.24) is 20.3 Å². The number of hydrogen-bond donors (Lipinski definition) is 1. The van der Waals surface area contributed by atoms with Gasteiger partial charge in [0.25, 0.3) is 0 Å². The first-order chi connectivity index (χ1) is 8.90. The molecule has 1 heterocycles. The van der Waals surface area contributed by atoms with E-state index in [0.717, 1.165) is 16.6 Å². The van der Waals surface area contributed by atoms with Gasteiger partial charge in [0.1, 0.15) is 11.7 Å². The number of benzene rings is 2. The van der Waals surface area contributed by atoms with E-state index in [-0.39, 0.29) is 6.17 Å². The largest absolute Gasteiger partial charge is 0.295 e. The Kier molecular flexibility index (Phi) is 2.78. The summed E-state index contributed by atoms with van der Waals surface area (Å²) in [5.74, 6) is 0. The Balaban J connectivity index is 2.12. The molecule has 2 aromatic carbocycles. The lowest BCUT2D eigenvalue weighted by molar-refractivity contribution is 0.464. The molecule has 1 aromatic heterocycles. The third-order valence-corrected chi connectivity index (χ3v) is 3.01. The zero-order chi connectivity index (χ0) is 12.4. The highest BCUT2D eigenvalue weighted by Gasteiger charge is 2.14. The highest BCUT2D eigenvalue weighted by atomic mass is 15.5. The predicted molar refractivity (Wildman–Crippen MR) is 71.2 cm³/mol. The number of nitrogens with one attached hydrogen (secondary N) is 1. The monoisotopic (exact) mass is 238 g/mol. The lowest BCUT2D eigenvalue weighted by Crippen LogP contribution is -2.25. The first-order valence-electron chi connectivity index (χ1n) is 5.92. The lowest BCUT2D eigenvalue weighted by Gasteiger charge is -2.17. The topological polar surface area (TPSA) is 42.7 Å². The molecule has 0 amide bonds. The normalized spacial score (nSPS) is 12.7. The molecule has 4 nitrogen and oxygen atoms in total. The van der Waals surface area contributed by atoms with Gasteiger partial charge >= 0.3 is 0 Å². The van der Waals surface area contributed by atoms with E-state index in [9.17, 15) is 0 Å². The molecule has 4 heteroatoms. The van der Waals surface area contributed by atoms with E-state index in [4.69, 9.17) is 0 Å². The average Bonchev–Trinajstić information content (AvgIpc) is 2.85. The Morgan fingerprint density at radius 3 is 2.50 bits per heavy atom. The van der Waals surface area contributed by atoms with Crippen molar-refractivity contribution in [3.8, 4) is 0 Å². The van der Waals surface area contributed by atoms with Crippen LogP contribution in [0.1, 0.15) is 11.7 Å². The van der Waals surface area contributed by atoms with Crippen molar-refractivity contribution in [2.24, 2.45) is 0 Å². The van der Waals surface area contributed by atoms with Crippen molar-refractivity contribution < 1.29 is 0 Å². The fraction of sp³-hybridized carbons (Fsp3) is 0.143. The summed E-state index contributed by atoms with van der Waals surface area (Å²) in [6, 6.07) is 18.2. The first kappa shape index (κ1) is 10.9. The highest BCUT2D eigenvalue weighted by Crippen LogP contribution is 2.19. The molecule has 0 radical (unpaired) electrons. The van der Waals surface area contributed by atoms with Crippen molar-refractivity contribution >= 4 is 11.0 Å².